The standard InChI is InChI=1S/C16H27N3O2/c1-4-19(12-13(3)16(17)18)10-11-21-15-9-7-6-8-14(15)20-5-2/h6-9,13H,4-5,10-12H2,1-3H3,(H3,17,18). The smallest absolute Gasteiger partial charge is 0.161 e. The van der Waals surface area contributed by atoms with Crippen LogP contribution in [0.3, 0.4) is 0 Å². The highest BCUT2D eigenvalue weighted by atomic mass is 16.5. The van der Waals surface area contributed by atoms with Gasteiger partial charge in [-0.25, -0.2) is 0 Å². The van der Waals surface area contributed by atoms with Gasteiger partial charge in [0.25, 0.3) is 0 Å². The second-order valence-electron chi connectivity index (χ2n) is 4.98. The van der Waals surface area contributed by atoms with Crippen LogP contribution in [0.4, 0.5) is 0 Å². The predicted octanol–water partition coefficient (Wildman–Crippen LogP) is 2.36. The number of nitrogens with one attached hydrogen (secondary N) is 1. The van der Waals surface area contributed by atoms with E-state index in [4.69, 9.17) is 20.6 Å². The van der Waals surface area contributed by atoms with Gasteiger partial charge in [-0.1, -0.05) is 26.0 Å². The van der Waals surface area contributed by atoms with Crippen molar-refractivity contribution >= 4 is 5.84 Å². The normalized spacial score (nSPS) is 12.2. The summed E-state index contributed by atoms with van der Waals surface area (Å²) in [5.41, 5.74) is 5.52. The molecule has 1 rings (SSSR count). The van der Waals surface area contributed by atoms with Crippen molar-refractivity contribution in [3.63, 3.8) is 0 Å². The number of nitrogens with two attached hydrogens (primary N) is 1. The Labute approximate surface area is 127 Å². The molecule has 0 aliphatic heterocycles. The van der Waals surface area contributed by atoms with E-state index in [-0.39, 0.29) is 11.8 Å². The molecule has 5 heteroatoms. The highest BCUT2D eigenvalue weighted by Gasteiger charge is 2.11. The molecule has 0 aliphatic carbocycles. The number of hydrogen-bond donors (Lipinski definition) is 2. The van der Waals surface area contributed by atoms with Crippen molar-refractivity contribution in [2.24, 2.45) is 11.7 Å². The van der Waals surface area contributed by atoms with Gasteiger partial charge < -0.3 is 15.2 Å². The molecule has 21 heavy (non-hydrogen) atoms. The van der Waals surface area contributed by atoms with E-state index in [1.54, 1.807) is 0 Å². The number of likely N-dealkylation sites (N-methyl/N-ethyl adjacent to an activating group) is 1. The molecule has 0 amide bonds. The zero-order valence-electron chi connectivity index (χ0n) is 13.3. The fourth-order valence-corrected chi connectivity index (χ4v) is 1.99. The lowest BCUT2D eigenvalue weighted by atomic mass is 10.1. The molecule has 118 valence electrons. The SMILES string of the molecule is CCOc1ccccc1OCCN(CC)CC(C)C(=N)N. The fraction of sp³-hybridized carbons (Fsp3) is 0.562. The van der Waals surface area contributed by atoms with E-state index in [2.05, 4.69) is 11.8 Å². The van der Waals surface area contributed by atoms with Crippen LogP contribution >= 0.6 is 0 Å². The molecule has 0 bridgehead atoms. The number of nitrogens with zero attached hydrogens (tertiary/aromatic N) is 1. The Morgan fingerprint density at radius 3 is 2.38 bits per heavy atom. The summed E-state index contributed by atoms with van der Waals surface area (Å²) >= 11 is 0. The topological polar surface area (TPSA) is 71.6 Å². The third kappa shape index (κ3) is 6.04. The minimum absolute atomic E-state index is 0.0701. The van der Waals surface area contributed by atoms with E-state index in [1.807, 2.05) is 38.1 Å². The second-order valence-corrected chi connectivity index (χ2v) is 4.98. The summed E-state index contributed by atoms with van der Waals surface area (Å²) in [6, 6.07) is 7.70. The third-order valence-corrected chi connectivity index (χ3v) is 3.32. The van der Waals surface area contributed by atoms with Gasteiger partial charge in [-0.3, -0.25) is 10.3 Å². The number of hydrogen-bond acceptors (Lipinski definition) is 4. The zero-order chi connectivity index (χ0) is 15.7. The Balaban J connectivity index is 2.46. The Morgan fingerprint density at radius 2 is 1.86 bits per heavy atom. The van der Waals surface area contributed by atoms with Crippen LogP contribution in [0, 0.1) is 11.3 Å². The molecular formula is C16H27N3O2. The minimum Gasteiger partial charge on any atom is -0.490 e. The van der Waals surface area contributed by atoms with E-state index in [0.29, 0.717) is 13.2 Å². The first-order chi connectivity index (χ1) is 10.1. The molecule has 1 aromatic carbocycles. The summed E-state index contributed by atoms with van der Waals surface area (Å²) in [7, 11) is 0. The van der Waals surface area contributed by atoms with Gasteiger partial charge in [0.05, 0.1) is 12.4 Å². The van der Waals surface area contributed by atoms with Crippen LogP contribution in [0.15, 0.2) is 24.3 Å². The molecule has 0 saturated carbocycles. The van der Waals surface area contributed by atoms with Crippen molar-refractivity contribution in [3.05, 3.63) is 24.3 Å². The quantitative estimate of drug-likeness (QED) is 0.513. The summed E-state index contributed by atoms with van der Waals surface area (Å²) < 4.78 is 11.3. The summed E-state index contributed by atoms with van der Waals surface area (Å²) in [5, 5.41) is 7.46. The molecule has 0 saturated heterocycles. The van der Waals surface area contributed by atoms with E-state index < -0.39 is 0 Å². The number of benzene rings is 1. The summed E-state index contributed by atoms with van der Waals surface area (Å²) in [4.78, 5) is 2.23. The van der Waals surface area contributed by atoms with Crippen molar-refractivity contribution in [2.45, 2.75) is 20.8 Å². The predicted molar refractivity (Wildman–Crippen MR) is 86.3 cm³/mol. The summed E-state index contributed by atoms with van der Waals surface area (Å²) in [5.74, 6) is 1.85. The van der Waals surface area contributed by atoms with Crippen LogP contribution in [0.5, 0.6) is 11.5 Å². The van der Waals surface area contributed by atoms with Crippen molar-refractivity contribution in [3.8, 4) is 11.5 Å². The first kappa shape index (κ1) is 17.3. The highest BCUT2D eigenvalue weighted by Crippen LogP contribution is 2.26. The van der Waals surface area contributed by atoms with Crippen LogP contribution in [-0.4, -0.2) is 43.6 Å². The largest absolute Gasteiger partial charge is 0.490 e. The molecule has 0 aliphatic rings. The maximum atomic E-state index is 7.46. The molecule has 3 N–H and O–H groups in total. The Morgan fingerprint density at radius 1 is 1.24 bits per heavy atom. The monoisotopic (exact) mass is 293 g/mol. The Hall–Kier alpha value is -1.75. The lowest BCUT2D eigenvalue weighted by Crippen LogP contribution is -2.36. The van der Waals surface area contributed by atoms with Crippen LogP contribution < -0.4 is 15.2 Å². The minimum atomic E-state index is 0.0701. The molecule has 0 spiro atoms. The Bertz CT molecular complexity index is 437. The van der Waals surface area contributed by atoms with Crippen molar-refractivity contribution in [1.82, 2.24) is 4.90 Å². The number of rotatable bonds is 10. The molecule has 1 atom stereocenters. The summed E-state index contributed by atoms with van der Waals surface area (Å²) in [6.07, 6.45) is 0. The molecule has 1 unspecified atom stereocenters. The lowest BCUT2D eigenvalue weighted by molar-refractivity contribution is 0.201. The first-order valence-electron chi connectivity index (χ1n) is 7.49. The average Bonchev–Trinajstić information content (AvgIpc) is 2.47. The number of para-hydroxylation sites is 2. The Kier molecular flexibility index (Phi) is 7.61. The van der Waals surface area contributed by atoms with E-state index in [1.165, 1.54) is 0 Å². The zero-order valence-corrected chi connectivity index (χ0v) is 13.3. The van der Waals surface area contributed by atoms with Gasteiger partial charge in [0.15, 0.2) is 11.5 Å². The van der Waals surface area contributed by atoms with Crippen molar-refractivity contribution in [1.29, 1.82) is 5.41 Å². The number of amidine groups is 1. The second kappa shape index (κ2) is 9.23. The lowest BCUT2D eigenvalue weighted by Gasteiger charge is -2.23. The van der Waals surface area contributed by atoms with Crippen LogP contribution in [0.25, 0.3) is 0 Å². The first-order valence-corrected chi connectivity index (χ1v) is 7.49. The van der Waals surface area contributed by atoms with Gasteiger partial charge in [0.1, 0.15) is 6.61 Å². The van der Waals surface area contributed by atoms with Gasteiger partial charge in [-0.05, 0) is 25.6 Å². The highest BCUT2D eigenvalue weighted by molar-refractivity contribution is 5.79. The molecular weight excluding hydrogens is 266 g/mol. The van der Waals surface area contributed by atoms with Crippen molar-refractivity contribution < 1.29 is 9.47 Å². The molecule has 0 fully saturated rings. The third-order valence-electron chi connectivity index (χ3n) is 3.32. The summed E-state index contributed by atoms with van der Waals surface area (Å²) in [6.45, 7) is 9.72. The van der Waals surface area contributed by atoms with Crippen LogP contribution in [-0.2, 0) is 0 Å². The van der Waals surface area contributed by atoms with E-state index in [0.717, 1.165) is 31.1 Å². The van der Waals surface area contributed by atoms with Gasteiger partial charge in [0.2, 0.25) is 0 Å². The van der Waals surface area contributed by atoms with E-state index >= 15 is 0 Å². The molecule has 5 nitrogen and oxygen atoms in total. The maximum Gasteiger partial charge on any atom is 0.161 e. The fourth-order valence-electron chi connectivity index (χ4n) is 1.99. The van der Waals surface area contributed by atoms with Gasteiger partial charge in [-0.2, -0.15) is 0 Å². The van der Waals surface area contributed by atoms with Gasteiger partial charge >= 0.3 is 0 Å². The maximum absolute atomic E-state index is 7.46. The molecule has 0 heterocycles. The molecule has 1 aromatic rings. The number of ether oxygens (including phenoxy) is 2. The van der Waals surface area contributed by atoms with E-state index in [9.17, 15) is 0 Å². The van der Waals surface area contributed by atoms with Crippen LogP contribution in [0.1, 0.15) is 20.8 Å². The molecule has 0 aromatic heterocycles. The van der Waals surface area contributed by atoms with Gasteiger partial charge in [0, 0.05) is 19.0 Å². The van der Waals surface area contributed by atoms with Gasteiger partial charge in [-0.15, -0.1) is 0 Å². The molecule has 0 radical (unpaired) electrons. The van der Waals surface area contributed by atoms with Crippen molar-refractivity contribution in [2.75, 3.05) is 32.8 Å². The average molecular weight is 293 g/mol. The van der Waals surface area contributed by atoms with Crippen LogP contribution in [0.2, 0.25) is 0 Å².